The summed E-state index contributed by atoms with van der Waals surface area (Å²) in [7, 11) is 1.68. The van der Waals surface area contributed by atoms with Crippen LogP contribution in [0.15, 0.2) is 63.8 Å². The Balaban J connectivity index is 2.06. The van der Waals surface area contributed by atoms with Gasteiger partial charge in [0.1, 0.15) is 11.1 Å². The van der Waals surface area contributed by atoms with Crippen LogP contribution in [0, 0.1) is 0 Å². The molecular weight excluding hydrogens is 306 g/mol. The normalized spacial score (nSPS) is 10.5. The molecule has 3 aromatic rings. The van der Waals surface area contributed by atoms with Gasteiger partial charge in [-0.3, -0.25) is 9.59 Å². The van der Waals surface area contributed by atoms with Gasteiger partial charge in [0.15, 0.2) is 12.1 Å². The van der Waals surface area contributed by atoms with E-state index in [0.717, 1.165) is 0 Å². The topological polar surface area (TPSA) is 67.6 Å². The molecule has 1 aromatic heterocycles. The van der Waals surface area contributed by atoms with Crippen molar-refractivity contribution in [2.75, 3.05) is 18.5 Å². The SMILES string of the molecule is CN(CC(=O)c1ccccc1)c1c(C=O)c(=O)oc2ccccc12. The highest BCUT2D eigenvalue weighted by Gasteiger charge is 2.19. The maximum absolute atomic E-state index is 12.4. The molecule has 0 atom stereocenters. The van der Waals surface area contributed by atoms with Crippen LogP contribution in [0.2, 0.25) is 0 Å². The number of carbonyl (C=O) groups excluding carboxylic acids is 2. The summed E-state index contributed by atoms with van der Waals surface area (Å²) in [6, 6.07) is 15.8. The van der Waals surface area contributed by atoms with E-state index in [9.17, 15) is 14.4 Å². The van der Waals surface area contributed by atoms with Gasteiger partial charge in [0.2, 0.25) is 0 Å². The standard InChI is InChI=1S/C19H15NO4/c1-20(11-16(22)13-7-3-2-4-8-13)18-14-9-5-6-10-17(14)24-19(23)15(18)12-21/h2-10,12H,11H2,1H3. The van der Waals surface area contributed by atoms with Gasteiger partial charge in [-0.2, -0.15) is 0 Å². The third kappa shape index (κ3) is 2.84. The predicted molar refractivity (Wildman–Crippen MR) is 91.9 cm³/mol. The number of hydrogen-bond acceptors (Lipinski definition) is 5. The summed E-state index contributed by atoms with van der Waals surface area (Å²) >= 11 is 0. The molecule has 0 aliphatic rings. The molecule has 3 rings (SSSR count). The Morgan fingerprint density at radius 1 is 1.08 bits per heavy atom. The Hall–Kier alpha value is -3.21. The lowest BCUT2D eigenvalue weighted by atomic mass is 10.1. The molecule has 0 unspecified atom stereocenters. The van der Waals surface area contributed by atoms with E-state index in [1.54, 1.807) is 60.5 Å². The fourth-order valence-corrected chi connectivity index (χ4v) is 2.67. The van der Waals surface area contributed by atoms with Gasteiger partial charge >= 0.3 is 5.63 Å². The Labute approximate surface area is 138 Å². The number of ketones is 1. The Bertz CT molecular complexity index is 960. The zero-order valence-electron chi connectivity index (χ0n) is 13.1. The minimum Gasteiger partial charge on any atom is -0.422 e. The quantitative estimate of drug-likeness (QED) is 0.410. The summed E-state index contributed by atoms with van der Waals surface area (Å²) in [5, 5.41) is 0.613. The highest BCUT2D eigenvalue weighted by molar-refractivity contribution is 6.03. The van der Waals surface area contributed by atoms with E-state index in [-0.39, 0.29) is 17.9 Å². The second kappa shape index (κ2) is 6.50. The molecule has 5 heteroatoms. The van der Waals surface area contributed by atoms with Crippen LogP contribution in [0.25, 0.3) is 11.0 Å². The van der Waals surface area contributed by atoms with E-state index in [0.29, 0.717) is 28.5 Å². The number of hydrogen-bond donors (Lipinski definition) is 0. The molecule has 0 amide bonds. The Morgan fingerprint density at radius 2 is 1.75 bits per heavy atom. The second-order valence-corrected chi connectivity index (χ2v) is 5.41. The fourth-order valence-electron chi connectivity index (χ4n) is 2.67. The van der Waals surface area contributed by atoms with Crippen molar-refractivity contribution in [1.82, 2.24) is 0 Å². The number of benzene rings is 2. The highest BCUT2D eigenvalue weighted by atomic mass is 16.4. The van der Waals surface area contributed by atoms with E-state index in [2.05, 4.69) is 0 Å². The lowest BCUT2D eigenvalue weighted by Gasteiger charge is -2.21. The first-order valence-electron chi connectivity index (χ1n) is 7.42. The third-order valence-electron chi connectivity index (χ3n) is 3.80. The number of fused-ring (bicyclic) bond motifs is 1. The number of rotatable bonds is 5. The molecule has 0 saturated carbocycles. The molecule has 0 N–H and O–H groups in total. The lowest BCUT2D eigenvalue weighted by Crippen LogP contribution is -2.28. The van der Waals surface area contributed by atoms with Crippen molar-refractivity contribution in [2.45, 2.75) is 0 Å². The predicted octanol–water partition coefficient (Wildman–Crippen LogP) is 2.92. The molecule has 24 heavy (non-hydrogen) atoms. The second-order valence-electron chi connectivity index (χ2n) is 5.41. The molecule has 0 aliphatic heterocycles. The summed E-state index contributed by atoms with van der Waals surface area (Å²) in [5.74, 6) is -0.104. The summed E-state index contributed by atoms with van der Waals surface area (Å²) in [6.07, 6.45) is 0.469. The van der Waals surface area contributed by atoms with Gasteiger partial charge in [-0.25, -0.2) is 4.79 Å². The van der Waals surface area contributed by atoms with Gasteiger partial charge in [0, 0.05) is 18.0 Å². The van der Waals surface area contributed by atoms with Crippen LogP contribution in [-0.4, -0.2) is 25.7 Å². The molecule has 0 aliphatic carbocycles. The molecule has 0 spiro atoms. The van der Waals surface area contributed by atoms with Crippen molar-refractivity contribution in [1.29, 1.82) is 0 Å². The fraction of sp³-hybridized carbons (Fsp3) is 0.105. The number of para-hydroxylation sites is 1. The van der Waals surface area contributed by atoms with Gasteiger partial charge in [0.25, 0.3) is 0 Å². The summed E-state index contributed by atoms with van der Waals surface area (Å²) in [5.41, 5.74) is 0.558. The zero-order chi connectivity index (χ0) is 17.1. The molecule has 5 nitrogen and oxygen atoms in total. The van der Waals surface area contributed by atoms with Gasteiger partial charge in [-0.15, -0.1) is 0 Å². The average molecular weight is 321 g/mol. The van der Waals surface area contributed by atoms with E-state index in [1.807, 2.05) is 6.07 Å². The molecule has 0 radical (unpaired) electrons. The molecule has 0 fully saturated rings. The van der Waals surface area contributed by atoms with Crippen molar-refractivity contribution < 1.29 is 14.0 Å². The van der Waals surface area contributed by atoms with Gasteiger partial charge in [0.05, 0.1) is 12.2 Å². The minimum absolute atomic E-state index is 0.0400. The first kappa shape index (κ1) is 15.7. The van der Waals surface area contributed by atoms with Crippen molar-refractivity contribution >= 4 is 28.7 Å². The maximum Gasteiger partial charge on any atom is 0.349 e. The van der Waals surface area contributed by atoms with Crippen LogP contribution in [0.3, 0.4) is 0 Å². The van der Waals surface area contributed by atoms with Crippen LogP contribution in [0.1, 0.15) is 20.7 Å². The van der Waals surface area contributed by atoms with Gasteiger partial charge in [-0.05, 0) is 12.1 Å². The number of Topliss-reactive ketones (excluding diaryl/α,β-unsaturated/α-hetero) is 1. The summed E-state index contributed by atoms with van der Waals surface area (Å²) in [6.45, 7) is 0.0400. The Morgan fingerprint density at radius 3 is 2.46 bits per heavy atom. The third-order valence-corrected chi connectivity index (χ3v) is 3.80. The van der Waals surface area contributed by atoms with E-state index < -0.39 is 5.63 Å². The molecule has 0 saturated heterocycles. The van der Waals surface area contributed by atoms with Crippen LogP contribution in [-0.2, 0) is 0 Å². The monoisotopic (exact) mass is 321 g/mol. The summed E-state index contributed by atoms with van der Waals surface area (Å²) in [4.78, 5) is 37.4. The summed E-state index contributed by atoms with van der Waals surface area (Å²) < 4.78 is 5.17. The first-order chi connectivity index (χ1) is 11.6. The van der Waals surface area contributed by atoms with Crippen molar-refractivity contribution in [3.63, 3.8) is 0 Å². The van der Waals surface area contributed by atoms with Crippen LogP contribution < -0.4 is 10.5 Å². The van der Waals surface area contributed by atoms with Crippen LogP contribution in [0.4, 0.5) is 5.69 Å². The first-order valence-corrected chi connectivity index (χ1v) is 7.42. The Kier molecular flexibility index (Phi) is 4.24. The van der Waals surface area contributed by atoms with Crippen molar-refractivity contribution in [2.24, 2.45) is 0 Å². The van der Waals surface area contributed by atoms with Gasteiger partial charge < -0.3 is 9.32 Å². The number of anilines is 1. The van der Waals surface area contributed by atoms with Gasteiger partial charge in [-0.1, -0.05) is 42.5 Å². The van der Waals surface area contributed by atoms with Crippen molar-refractivity contribution in [3.05, 3.63) is 76.1 Å². The van der Waals surface area contributed by atoms with E-state index in [1.165, 1.54) is 0 Å². The lowest BCUT2D eigenvalue weighted by molar-refractivity contribution is 0.0999. The number of nitrogens with zero attached hydrogens (tertiary/aromatic N) is 1. The molecule has 0 bridgehead atoms. The van der Waals surface area contributed by atoms with Crippen molar-refractivity contribution in [3.8, 4) is 0 Å². The molecular formula is C19H15NO4. The minimum atomic E-state index is -0.710. The van der Waals surface area contributed by atoms with Crippen LogP contribution >= 0.6 is 0 Å². The smallest absolute Gasteiger partial charge is 0.349 e. The number of carbonyl (C=O) groups is 2. The maximum atomic E-state index is 12.4. The molecule has 120 valence electrons. The molecule has 2 aromatic carbocycles. The van der Waals surface area contributed by atoms with E-state index in [4.69, 9.17) is 4.42 Å². The van der Waals surface area contributed by atoms with Crippen LogP contribution in [0.5, 0.6) is 0 Å². The number of aldehydes is 1. The largest absolute Gasteiger partial charge is 0.422 e. The highest BCUT2D eigenvalue weighted by Crippen LogP contribution is 2.27. The molecule has 1 heterocycles. The average Bonchev–Trinajstić information content (AvgIpc) is 2.61. The number of likely N-dealkylation sites (N-methyl/N-ethyl adjacent to an activating group) is 1. The van der Waals surface area contributed by atoms with E-state index >= 15 is 0 Å². The zero-order valence-corrected chi connectivity index (χ0v) is 13.1.